The van der Waals surface area contributed by atoms with E-state index in [4.69, 9.17) is 4.98 Å². The van der Waals surface area contributed by atoms with Gasteiger partial charge in [0.25, 0.3) is 0 Å². The van der Waals surface area contributed by atoms with Crippen molar-refractivity contribution < 1.29 is 0 Å². The predicted octanol–water partition coefficient (Wildman–Crippen LogP) is 8.10. The van der Waals surface area contributed by atoms with Crippen LogP contribution in [0, 0.1) is 0 Å². The number of para-hydroxylation sites is 2. The molecule has 4 aromatic carbocycles. The van der Waals surface area contributed by atoms with Crippen LogP contribution < -0.4 is 4.90 Å². The molecule has 4 heteroatoms. The lowest BCUT2D eigenvalue weighted by atomic mass is 9.91. The smallest absolute Gasteiger partial charge is 0.0972 e. The van der Waals surface area contributed by atoms with Crippen molar-refractivity contribution >= 4 is 45.6 Å². The van der Waals surface area contributed by atoms with Crippen molar-refractivity contribution in [2.24, 2.45) is 4.99 Å². The first-order valence-electron chi connectivity index (χ1n) is 12.0. The number of benzene rings is 4. The third-order valence-electron chi connectivity index (χ3n) is 6.99. The van der Waals surface area contributed by atoms with Gasteiger partial charge in [-0.25, -0.2) is 4.98 Å². The molecule has 0 atom stereocenters. The first-order chi connectivity index (χ1) is 17.8. The number of anilines is 2. The largest absolute Gasteiger partial charge is 0.335 e. The monoisotopic (exact) mass is 462 g/mol. The van der Waals surface area contributed by atoms with Crippen LogP contribution in [0.5, 0.6) is 0 Å². The van der Waals surface area contributed by atoms with Crippen LogP contribution in [0.15, 0.2) is 114 Å². The maximum absolute atomic E-state index is 5.08. The van der Waals surface area contributed by atoms with E-state index in [2.05, 4.69) is 107 Å². The first-order valence-corrected chi connectivity index (χ1v) is 12.0. The molecule has 0 unspecified atom stereocenters. The zero-order valence-electron chi connectivity index (χ0n) is 19.6. The van der Waals surface area contributed by atoms with Crippen molar-refractivity contribution in [1.29, 1.82) is 0 Å². The SMILES string of the molecule is C=Nc1ccccc1N1Cc2ccccc2-c2cc(-c3ccc4ccc5cccnc5c4n3)ccc21. The Kier molecular flexibility index (Phi) is 4.64. The molecule has 0 bridgehead atoms. The molecule has 3 heterocycles. The lowest BCUT2D eigenvalue weighted by Crippen LogP contribution is -2.21. The number of hydrogen-bond acceptors (Lipinski definition) is 4. The molecule has 4 nitrogen and oxygen atoms in total. The van der Waals surface area contributed by atoms with Gasteiger partial charge in [-0.3, -0.25) is 9.98 Å². The van der Waals surface area contributed by atoms with Crippen molar-refractivity contribution in [2.75, 3.05) is 4.90 Å². The molecule has 2 aromatic heterocycles. The number of nitrogens with zero attached hydrogens (tertiary/aromatic N) is 4. The topological polar surface area (TPSA) is 41.4 Å². The summed E-state index contributed by atoms with van der Waals surface area (Å²) >= 11 is 0. The molecule has 36 heavy (non-hydrogen) atoms. The molecule has 0 radical (unpaired) electrons. The minimum absolute atomic E-state index is 0.779. The van der Waals surface area contributed by atoms with Crippen LogP contribution in [0.25, 0.3) is 44.2 Å². The highest BCUT2D eigenvalue weighted by Crippen LogP contribution is 2.46. The number of pyridine rings is 2. The Morgan fingerprint density at radius 1 is 0.694 bits per heavy atom. The molecule has 170 valence electrons. The highest BCUT2D eigenvalue weighted by molar-refractivity contribution is 6.03. The van der Waals surface area contributed by atoms with Crippen LogP contribution in [0.3, 0.4) is 0 Å². The fourth-order valence-electron chi connectivity index (χ4n) is 5.25. The summed E-state index contributed by atoms with van der Waals surface area (Å²) in [7, 11) is 0. The van der Waals surface area contributed by atoms with E-state index in [1.165, 1.54) is 16.7 Å². The normalized spacial score (nSPS) is 12.4. The van der Waals surface area contributed by atoms with Gasteiger partial charge >= 0.3 is 0 Å². The lowest BCUT2D eigenvalue weighted by Gasteiger charge is -2.34. The van der Waals surface area contributed by atoms with Crippen molar-refractivity contribution in [2.45, 2.75) is 6.54 Å². The van der Waals surface area contributed by atoms with E-state index in [-0.39, 0.29) is 0 Å². The maximum atomic E-state index is 5.08. The third kappa shape index (κ3) is 3.19. The van der Waals surface area contributed by atoms with Gasteiger partial charge in [0, 0.05) is 40.3 Å². The van der Waals surface area contributed by atoms with Crippen LogP contribution in [-0.4, -0.2) is 16.7 Å². The summed E-state index contributed by atoms with van der Waals surface area (Å²) in [5.74, 6) is 0. The van der Waals surface area contributed by atoms with Gasteiger partial charge in [0.05, 0.1) is 28.1 Å². The maximum Gasteiger partial charge on any atom is 0.0972 e. The average Bonchev–Trinajstić information content (AvgIpc) is 2.96. The van der Waals surface area contributed by atoms with Crippen LogP contribution >= 0.6 is 0 Å². The lowest BCUT2D eigenvalue weighted by molar-refractivity contribution is 0.961. The summed E-state index contributed by atoms with van der Waals surface area (Å²) in [6.07, 6.45) is 1.83. The van der Waals surface area contributed by atoms with Crippen molar-refractivity contribution in [3.8, 4) is 22.4 Å². The fourth-order valence-corrected chi connectivity index (χ4v) is 5.25. The number of aliphatic imine (C=N–C) groups is 1. The third-order valence-corrected chi connectivity index (χ3v) is 6.99. The van der Waals surface area contributed by atoms with Crippen LogP contribution in [0.2, 0.25) is 0 Å². The molecular formula is C32H22N4. The van der Waals surface area contributed by atoms with Gasteiger partial charge in [0.2, 0.25) is 0 Å². The average molecular weight is 463 g/mol. The van der Waals surface area contributed by atoms with E-state index < -0.39 is 0 Å². The second kappa shape index (κ2) is 8.14. The number of aromatic nitrogens is 2. The Morgan fingerprint density at radius 2 is 1.50 bits per heavy atom. The molecule has 0 spiro atoms. The standard InChI is InChI=1S/C32H22N4/c1-33-28-10-4-5-11-30(28)36-20-24-7-2-3-9-25(24)26-19-23(15-17-29(26)36)27-16-14-22-13-12-21-8-6-18-34-31(21)32(22)35-27/h2-19H,1,20H2. The molecule has 0 amide bonds. The molecular weight excluding hydrogens is 440 g/mol. The van der Waals surface area contributed by atoms with Gasteiger partial charge in [-0.05, 0) is 54.2 Å². The zero-order valence-corrected chi connectivity index (χ0v) is 19.6. The van der Waals surface area contributed by atoms with Gasteiger partial charge in [0.15, 0.2) is 0 Å². The van der Waals surface area contributed by atoms with Crippen molar-refractivity contribution in [1.82, 2.24) is 9.97 Å². The predicted molar refractivity (Wildman–Crippen MR) is 149 cm³/mol. The van der Waals surface area contributed by atoms with Gasteiger partial charge < -0.3 is 4.90 Å². The van der Waals surface area contributed by atoms with Gasteiger partial charge in [-0.2, -0.15) is 0 Å². The van der Waals surface area contributed by atoms with E-state index in [1.807, 2.05) is 24.4 Å². The molecule has 0 saturated heterocycles. The summed E-state index contributed by atoms with van der Waals surface area (Å²) in [5, 5.41) is 2.19. The van der Waals surface area contributed by atoms with Gasteiger partial charge in [0.1, 0.15) is 0 Å². The Hall–Kier alpha value is -4.83. The Morgan fingerprint density at radius 3 is 2.42 bits per heavy atom. The summed E-state index contributed by atoms with van der Waals surface area (Å²) in [6.45, 7) is 4.58. The molecule has 0 N–H and O–H groups in total. The molecule has 1 aliphatic heterocycles. The molecule has 6 aromatic rings. The van der Waals surface area contributed by atoms with E-state index in [0.29, 0.717) is 0 Å². The Labute approximate surface area is 209 Å². The zero-order chi connectivity index (χ0) is 24.1. The van der Waals surface area contributed by atoms with Crippen LogP contribution in [0.4, 0.5) is 17.1 Å². The molecule has 0 aliphatic carbocycles. The number of hydrogen-bond donors (Lipinski definition) is 0. The van der Waals surface area contributed by atoms with Gasteiger partial charge in [-0.15, -0.1) is 0 Å². The van der Waals surface area contributed by atoms with Crippen molar-refractivity contribution in [3.63, 3.8) is 0 Å². The molecule has 1 aliphatic rings. The Bertz CT molecular complexity index is 1800. The summed E-state index contributed by atoms with van der Waals surface area (Å²) < 4.78 is 0. The highest BCUT2D eigenvalue weighted by Gasteiger charge is 2.25. The van der Waals surface area contributed by atoms with Crippen LogP contribution in [-0.2, 0) is 6.54 Å². The van der Waals surface area contributed by atoms with E-state index in [0.717, 1.165) is 56.7 Å². The number of fused-ring (bicyclic) bond motifs is 6. The summed E-state index contributed by atoms with van der Waals surface area (Å²) in [6, 6.07) is 35.9. The number of rotatable bonds is 3. The molecule has 0 saturated carbocycles. The second-order valence-corrected chi connectivity index (χ2v) is 9.03. The second-order valence-electron chi connectivity index (χ2n) is 9.03. The summed E-state index contributed by atoms with van der Waals surface area (Å²) in [5.41, 5.74) is 10.7. The van der Waals surface area contributed by atoms with E-state index in [1.54, 1.807) is 0 Å². The summed E-state index contributed by atoms with van der Waals surface area (Å²) in [4.78, 5) is 16.3. The quantitative estimate of drug-likeness (QED) is 0.197. The molecule has 7 rings (SSSR count). The fraction of sp³-hybridized carbons (Fsp3) is 0.0312. The van der Waals surface area contributed by atoms with Crippen molar-refractivity contribution in [3.05, 3.63) is 115 Å². The minimum atomic E-state index is 0.779. The van der Waals surface area contributed by atoms with Gasteiger partial charge in [-0.1, -0.05) is 66.7 Å². The molecule has 0 fully saturated rings. The van der Waals surface area contributed by atoms with E-state index in [9.17, 15) is 0 Å². The minimum Gasteiger partial charge on any atom is -0.335 e. The Balaban J connectivity index is 1.42. The highest BCUT2D eigenvalue weighted by atomic mass is 15.2. The van der Waals surface area contributed by atoms with Crippen LogP contribution in [0.1, 0.15) is 5.56 Å². The first kappa shape index (κ1) is 20.5. The van der Waals surface area contributed by atoms with E-state index >= 15 is 0 Å².